The summed E-state index contributed by atoms with van der Waals surface area (Å²) < 4.78 is 0. The van der Waals surface area contributed by atoms with E-state index in [0.717, 1.165) is 6.16 Å². The normalized spacial score (nSPS) is 15.5. The summed E-state index contributed by atoms with van der Waals surface area (Å²) >= 11 is 1.62. The van der Waals surface area contributed by atoms with Crippen molar-refractivity contribution in [3.05, 3.63) is 58.4 Å². The Labute approximate surface area is 183 Å². The summed E-state index contributed by atoms with van der Waals surface area (Å²) in [6, 6.07) is 8.59. The molecule has 0 heterocycles. The number of halogens is 2. The van der Waals surface area contributed by atoms with Crippen molar-refractivity contribution >= 4 is 11.3 Å². The van der Waals surface area contributed by atoms with Crippen LogP contribution >= 0.6 is 0 Å². The molecule has 5 heteroatoms. The van der Waals surface area contributed by atoms with Crippen LogP contribution in [0.25, 0.3) is 5.73 Å². The standard InChI is InChI=1S/C9H13.C7H7Si.C4H10N.2ClH.Zr/c1-6-5-7(2)9(4)8(6)3;1-6-4-2-3-5-7(6)8;1-4(2,3)5;;;/h6H,1-4H3;2-5H,1H3;5H,1-3H3;2*1H;/q-1;;-1;;;+2/p-2. The number of benzene rings is 1. The zero-order chi connectivity index (χ0) is 18.2. The van der Waals surface area contributed by atoms with Crippen LogP contribution < -0.4 is 30.0 Å². The number of hydrogen-bond acceptors (Lipinski definition) is 0. The number of rotatable bonds is 1. The zero-order valence-electron chi connectivity index (χ0n) is 16.6. The van der Waals surface area contributed by atoms with Gasteiger partial charge in [0.05, 0.1) is 0 Å². The van der Waals surface area contributed by atoms with Gasteiger partial charge in [0.25, 0.3) is 0 Å². The van der Waals surface area contributed by atoms with Gasteiger partial charge in [-0.2, -0.15) is 11.1 Å². The van der Waals surface area contributed by atoms with Crippen molar-refractivity contribution in [3.8, 4) is 0 Å². The number of nitrogens with one attached hydrogen (secondary N) is 1. The Morgan fingerprint density at radius 3 is 1.68 bits per heavy atom. The summed E-state index contributed by atoms with van der Waals surface area (Å²) in [6.07, 6.45) is 4.38. The molecule has 0 saturated carbocycles. The molecule has 1 N–H and O–H groups in total. The van der Waals surface area contributed by atoms with Crippen LogP contribution in [0.1, 0.15) is 54.0 Å². The minimum Gasteiger partial charge on any atom is -1.00 e. The number of allylic oxidation sites excluding steroid dienone is 4. The van der Waals surface area contributed by atoms with E-state index in [9.17, 15) is 0 Å². The molecule has 2 rings (SSSR count). The van der Waals surface area contributed by atoms with E-state index >= 15 is 0 Å². The van der Waals surface area contributed by atoms with Gasteiger partial charge in [0.15, 0.2) is 0 Å². The van der Waals surface area contributed by atoms with Gasteiger partial charge in [-0.05, 0) is 0 Å². The molecule has 0 saturated heterocycles. The third kappa shape index (κ3) is 14.1. The van der Waals surface area contributed by atoms with E-state index < -0.39 is 0 Å². The van der Waals surface area contributed by atoms with Crippen molar-refractivity contribution < 1.29 is 48.1 Å². The first kappa shape index (κ1) is 30.1. The fraction of sp³-hybridized carbons (Fsp3) is 0.500. The summed E-state index contributed by atoms with van der Waals surface area (Å²) in [6.45, 7) is 16.4. The van der Waals surface area contributed by atoms with E-state index in [1.54, 1.807) is 23.3 Å². The van der Waals surface area contributed by atoms with E-state index in [0.29, 0.717) is 5.92 Å². The molecular weight excluding hydrogens is 444 g/mol. The number of aryl methyl sites for hydroxylation is 1. The van der Waals surface area contributed by atoms with E-state index in [-0.39, 0.29) is 30.4 Å². The molecule has 139 valence electrons. The molecule has 0 aromatic heterocycles. The largest absolute Gasteiger partial charge is 1.00 e. The van der Waals surface area contributed by atoms with Crippen molar-refractivity contribution in [1.82, 2.24) is 0 Å². The van der Waals surface area contributed by atoms with Gasteiger partial charge in [-0.15, -0.1) is 12.5 Å². The monoisotopic (exact) mass is 472 g/mol. The fourth-order valence-electron chi connectivity index (χ4n) is 1.87. The van der Waals surface area contributed by atoms with Gasteiger partial charge in [0.2, 0.25) is 0 Å². The summed E-state index contributed by atoms with van der Waals surface area (Å²) in [4.78, 5) is 0. The van der Waals surface area contributed by atoms with E-state index in [2.05, 4.69) is 65.0 Å². The first-order valence-corrected chi connectivity index (χ1v) is 12.7. The molecule has 0 aliphatic heterocycles. The smallest absolute Gasteiger partial charge is 1.00 e. The maximum Gasteiger partial charge on any atom is -1.00 e. The predicted octanol–water partition coefficient (Wildman–Crippen LogP) is -0.647. The fourth-order valence-corrected chi connectivity index (χ4v) is 4.40. The molecule has 0 spiro atoms. The average molecular weight is 475 g/mol. The maximum atomic E-state index is 6.94. The van der Waals surface area contributed by atoms with E-state index in [1.807, 2.05) is 20.8 Å². The molecule has 0 amide bonds. The molecular formula is C20H30Cl2NSiZr-2. The minimum atomic E-state index is -0.250. The SMILES string of the molecule is CC(C)(C)[NH-].CC1=[C-]C(C)C(C)=C1C.Cc1ccccc1[Si]=[Zr+2].[Cl-].[Cl-]. The minimum absolute atomic E-state index is 0. The Morgan fingerprint density at radius 2 is 1.48 bits per heavy atom. The van der Waals surface area contributed by atoms with Crippen molar-refractivity contribution in [2.45, 2.75) is 60.9 Å². The van der Waals surface area contributed by atoms with Gasteiger partial charge in [0, 0.05) is 0 Å². The number of hydrogen-bond donors (Lipinski definition) is 0. The molecule has 1 unspecified atom stereocenters. The van der Waals surface area contributed by atoms with Crippen molar-refractivity contribution in [1.29, 1.82) is 0 Å². The molecule has 1 aromatic rings. The Morgan fingerprint density at radius 1 is 1.04 bits per heavy atom. The van der Waals surface area contributed by atoms with Crippen molar-refractivity contribution in [2.24, 2.45) is 5.92 Å². The summed E-state index contributed by atoms with van der Waals surface area (Å²) in [5.74, 6) is 0.560. The predicted molar refractivity (Wildman–Crippen MR) is 101 cm³/mol. The van der Waals surface area contributed by atoms with Crippen LogP contribution in [-0.4, -0.2) is 11.7 Å². The van der Waals surface area contributed by atoms with Crippen LogP contribution in [0.3, 0.4) is 0 Å². The second-order valence-electron chi connectivity index (χ2n) is 6.99. The molecule has 1 nitrogen and oxygen atoms in total. The van der Waals surface area contributed by atoms with Crippen LogP contribution in [0.5, 0.6) is 0 Å². The Balaban J connectivity index is -0.000000291. The first-order valence-electron chi connectivity index (χ1n) is 7.98. The van der Waals surface area contributed by atoms with Gasteiger partial charge in [-0.25, -0.2) is 5.57 Å². The Hall–Kier alpha value is 0.340. The molecule has 0 bridgehead atoms. The van der Waals surface area contributed by atoms with Gasteiger partial charge in [-0.1, -0.05) is 47.5 Å². The summed E-state index contributed by atoms with van der Waals surface area (Å²) in [5.41, 5.74) is 12.4. The molecule has 1 radical (unpaired) electrons. The second-order valence-corrected chi connectivity index (χ2v) is 9.62. The van der Waals surface area contributed by atoms with Crippen LogP contribution in [0, 0.1) is 18.9 Å². The van der Waals surface area contributed by atoms with Gasteiger partial charge >= 0.3 is 71.4 Å². The Kier molecular flexibility index (Phi) is 17.3. The van der Waals surface area contributed by atoms with Gasteiger partial charge in [-0.3, -0.25) is 6.08 Å². The average Bonchev–Trinajstić information content (AvgIpc) is 2.65. The van der Waals surface area contributed by atoms with Crippen LogP contribution in [0.4, 0.5) is 0 Å². The molecule has 1 aliphatic rings. The third-order valence-electron chi connectivity index (χ3n) is 3.52. The van der Waals surface area contributed by atoms with Crippen molar-refractivity contribution in [3.63, 3.8) is 0 Å². The quantitative estimate of drug-likeness (QED) is 0.382. The maximum absolute atomic E-state index is 6.94. The van der Waals surface area contributed by atoms with Crippen LogP contribution in [-0.2, 0) is 23.3 Å². The second kappa shape index (κ2) is 14.4. The van der Waals surface area contributed by atoms with E-state index in [1.165, 1.54) is 27.5 Å². The molecule has 1 atom stereocenters. The van der Waals surface area contributed by atoms with Gasteiger partial charge < -0.3 is 30.5 Å². The van der Waals surface area contributed by atoms with Crippen LogP contribution in [0.15, 0.2) is 41.0 Å². The Bertz CT molecular complexity index is 584. The van der Waals surface area contributed by atoms with E-state index in [4.69, 9.17) is 5.73 Å². The molecule has 25 heavy (non-hydrogen) atoms. The third-order valence-corrected chi connectivity index (χ3v) is 6.33. The zero-order valence-corrected chi connectivity index (χ0v) is 21.6. The van der Waals surface area contributed by atoms with Crippen LogP contribution in [0.2, 0.25) is 0 Å². The molecule has 1 aromatic carbocycles. The topological polar surface area (TPSA) is 23.8 Å². The van der Waals surface area contributed by atoms with Crippen molar-refractivity contribution in [2.75, 3.05) is 0 Å². The van der Waals surface area contributed by atoms with Gasteiger partial charge in [0.1, 0.15) is 0 Å². The summed E-state index contributed by atoms with van der Waals surface area (Å²) in [5, 5.41) is 1.52. The summed E-state index contributed by atoms with van der Waals surface area (Å²) in [7, 11) is 0. The molecule has 0 fully saturated rings. The molecule has 1 aliphatic carbocycles. The first-order chi connectivity index (χ1) is 10.5.